The lowest BCUT2D eigenvalue weighted by molar-refractivity contribution is -0.214. The summed E-state index contributed by atoms with van der Waals surface area (Å²) in [5.41, 5.74) is 0.852. The summed E-state index contributed by atoms with van der Waals surface area (Å²) >= 11 is 0. The zero-order valence-corrected chi connectivity index (χ0v) is 20.7. The Hall–Kier alpha value is -2.50. The molecule has 0 unspecified atom stereocenters. The summed E-state index contributed by atoms with van der Waals surface area (Å²) in [6.45, 7) is 8.25. The number of halogens is 3. The van der Waals surface area contributed by atoms with Crippen molar-refractivity contribution in [1.29, 1.82) is 0 Å². The molecule has 0 radical (unpaired) electrons. The van der Waals surface area contributed by atoms with Crippen LogP contribution >= 0.6 is 0 Å². The highest BCUT2D eigenvalue weighted by molar-refractivity contribution is 7.89. The molecule has 0 saturated carbocycles. The molecule has 2 heterocycles. The van der Waals surface area contributed by atoms with E-state index in [1.165, 1.54) is 44.4 Å². The van der Waals surface area contributed by atoms with E-state index in [0.29, 0.717) is 5.56 Å². The van der Waals surface area contributed by atoms with Gasteiger partial charge in [-0.05, 0) is 65.3 Å². The molecule has 186 valence electrons. The lowest BCUT2D eigenvalue weighted by atomic mass is 9.77. The average molecular weight is 499 g/mol. The lowest BCUT2D eigenvalue weighted by Crippen LogP contribution is -2.56. The first-order valence-electron chi connectivity index (χ1n) is 10.5. The van der Waals surface area contributed by atoms with Gasteiger partial charge < -0.3 is 10.5 Å². The SMILES string of the molecule is CC(C)(C)NS(=O)(=O)c1cncc(-c2ccc(F)c([C@@]3(C)N=C(N)COC(C)(C)C3(F)F)c2)c1. The minimum absolute atomic E-state index is 0.117. The Labute approximate surface area is 197 Å². The maximum Gasteiger partial charge on any atom is 0.304 e. The Morgan fingerprint density at radius 2 is 1.74 bits per heavy atom. The molecule has 1 aliphatic heterocycles. The number of alkyl halides is 2. The minimum atomic E-state index is -3.91. The van der Waals surface area contributed by atoms with Gasteiger partial charge in [0.1, 0.15) is 28.8 Å². The highest BCUT2D eigenvalue weighted by Crippen LogP contribution is 2.51. The molecular formula is C23H29F3N4O3S. The average Bonchev–Trinajstić information content (AvgIpc) is 2.76. The van der Waals surface area contributed by atoms with Crippen LogP contribution in [0, 0.1) is 5.82 Å². The van der Waals surface area contributed by atoms with E-state index in [-0.39, 0.29) is 22.9 Å². The zero-order valence-electron chi connectivity index (χ0n) is 19.9. The lowest BCUT2D eigenvalue weighted by Gasteiger charge is -2.42. The third-order valence-corrected chi connectivity index (χ3v) is 7.33. The van der Waals surface area contributed by atoms with E-state index in [0.717, 1.165) is 13.0 Å². The summed E-state index contributed by atoms with van der Waals surface area (Å²) in [6.07, 6.45) is 2.54. The highest BCUT2D eigenvalue weighted by atomic mass is 32.2. The molecule has 0 fully saturated rings. The second-order valence-corrected chi connectivity index (χ2v) is 11.7. The van der Waals surface area contributed by atoms with Crippen molar-refractivity contribution in [1.82, 2.24) is 9.71 Å². The molecule has 0 spiro atoms. The predicted octanol–water partition coefficient (Wildman–Crippen LogP) is 3.98. The fraction of sp³-hybridized carbons (Fsp3) is 0.478. The van der Waals surface area contributed by atoms with Gasteiger partial charge in [0.15, 0.2) is 5.54 Å². The molecule has 7 nitrogen and oxygen atoms in total. The van der Waals surface area contributed by atoms with Crippen LogP contribution in [0.1, 0.15) is 47.1 Å². The number of pyridine rings is 1. The molecule has 1 aromatic heterocycles. The largest absolute Gasteiger partial charge is 0.385 e. The molecule has 2 aromatic rings. The number of sulfonamides is 1. The van der Waals surface area contributed by atoms with Gasteiger partial charge in [0, 0.05) is 29.1 Å². The van der Waals surface area contributed by atoms with E-state index in [1.54, 1.807) is 20.8 Å². The van der Waals surface area contributed by atoms with Crippen LogP contribution in [0.3, 0.4) is 0 Å². The number of nitrogens with two attached hydrogens (primary N) is 1. The number of nitrogens with one attached hydrogen (secondary N) is 1. The van der Waals surface area contributed by atoms with Crippen LogP contribution in [0.4, 0.5) is 13.2 Å². The first-order valence-corrected chi connectivity index (χ1v) is 12.0. The van der Waals surface area contributed by atoms with Crippen LogP contribution in [-0.2, 0) is 20.3 Å². The van der Waals surface area contributed by atoms with E-state index in [9.17, 15) is 8.42 Å². The van der Waals surface area contributed by atoms with Crippen LogP contribution in [0.5, 0.6) is 0 Å². The summed E-state index contributed by atoms with van der Waals surface area (Å²) < 4.78 is 79.6. The topological polar surface area (TPSA) is 107 Å². The molecular weight excluding hydrogens is 469 g/mol. The number of aromatic nitrogens is 1. The molecule has 1 atom stereocenters. The van der Waals surface area contributed by atoms with Gasteiger partial charge in [0.05, 0.1) is 0 Å². The van der Waals surface area contributed by atoms with Crippen LogP contribution < -0.4 is 10.5 Å². The van der Waals surface area contributed by atoms with E-state index >= 15 is 13.2 Å². The fourth-order valence-electron chi connectivity index (χ4n) is 3.81. The van der Waals surface area contributed by atoms with Crippen molar-refractivity contribution in [3.63, 3.8) is 0 Å². The minimum Gasteiger partial charge on any atom is -0.385 e. The van der Waals surface area contributed by atoms with Crippen LogP contribution in [0.2, 0.25) is 0 Å². The Morgan fingerprint density at radius 1 is 1.09 bits per heavy atom. The van der Waals surface area contributed by atoms with Gasteiger partial charge in [-0.2, -0.15) is 0 Å². The van der Waals surface area contributed by atoms with Crippen molar-refractivity contribution in [2.75, 3.05) is 6.61 Å². The quantitative estimate of drug-likeness (QED) is 0.663. The number of hydrogen-bond acceptors (Lipinski definition) is 6. The third kappa shape index (κ3) is 4.69. The Bertz CT molecular complexity index is 1240. The molecule has 1 aromatic carbocycles. The smallest absolute Gasteiger partial charge is 0.304 e. The number of aliphatic imine (C=N–C) groups is 1. The number of amidine groups is 1. The molecule has 0 bridgehead atoms. The zero-order chi connectivity index (χ0) is 25.7. The van der Waals surface area contributed by atoms with Crippen LogP contribution in [0.15, 0.2) is 46.5 Å². The van der Waals surface area contributed by atoms with Crippen LogP contribution in [0.25, 0.3) is 11.1 Å². The van der Waals surface area contributed by atoms with Gasteiger partial charge in [0.25, 0.3) is 0 Å². The molecule has 3 N–H and O–H groups in total. The van der Waals surface area contributed by atoms with Crippen LogP contribution in [-0.4, -0.2) is 42.9 Å². The number of nitrogens with zero attached hydrogens (tertiary/aromatic N) is 2. The van der Waals surface area contributed by atoms with Gasteiger partial charge in [-0.1, -0.05) is 6.07 Å². The van der Waals surface area contributed by atoms with Crippen molar-refractivity contribution in [3.05, 3.63) is 48.0 Å². The number of hydrogen-bond donors (Lipinski definition) is 2. The van der Waals surface area contributed by atoms with Gasteiger partial charge in [-0.3, -0.25) is 9.98 Å². The summed E-state index contributed by atoms with van der Waals surface area (Å²) in [6, 6.07) is 4.95. The molecule has 1 aliphatic rings. The molecule has 0 amide bonds. The molecule has 11 heteroatoms. The van der Waals surface area contributed by atoms with Gasteiger partial charge >= 0.3 is 5.92 Å². The first kappa shape index (κ1) is 26.1. The van der Waals surface area contributed by atoms with E-state index in [4.69, 9.17) is 10.5 Å². The Balaban J connectivity index is 2.17. The first-order chi connectivity index (χ1) is 15.4. The van der Waals surface area contributed by atoms with Gasteiger partial charge in [0.2, 0.25) is 10.0 Å². The summed E-state index contributed by atoms with van der Waals surface area (Å²) in [5, 5.41) is 0. The molecule has 34 heavy (non-hydrogen) atoms. The van der Waals surface area contributed by atoms with Crippen molar-refractivity contribution in [2.24, 2.45) is 10.7 Å². The standard InChI is InChI=1S/C23H29F3N4O3S/c1-20(2,3)30-34(31,32)16-9-15(11-28-12-16)14-7-8-18(24)17(10-14)22(6)23(25,26)21(4,5)33-13-19(27)29-22/h7-12,30H,13H2,1-6H3,(H2,27,29)/t22-/m1/s1. The van der Waals surface area contributed by atoms with Crippen molar-refractivity contribution < 1.29 is 26.3 Å². The van der Waals surface area contributed by atoms with Gasteiger partial charge in [-0.25, -0.2) is 26.3 Å². The number of benzene rings is 1. The molecule has 0 aliphatic carbocycles. The fourth-order valence-corrected chi connectivity index (χ4v) is 5.22. The maximum absolute atomic E-state index is 15.7. The molecule has 3 rings (SSSR count). The van der Waals surface area contributed by atoms with E-state index < -0.39 is 44.0 Å². The van der Waals surface area contributed by atoms with Crippen molar-refractivity contribution >= 4 is 15.9 Å². The van der Waals surface area contributed by atoms with Crippen molar-refractivity contribution in [2.45, 2.75) is 69.0 Å². The second-order valence-electron chi connectivity index (χ2n) is 10.0. The maximum atomic E-state index is 15.7. The van der Waals surface area contributed by atoms with E-state index in [2.05, 4.69) is 14.7 Å². The molecule has 0 saturated heterocycles. The Kier molecular flexibility index (Phi) is 6.39. The summed E-state index contributed by atoms with van der Waals surface area (Å²) in [5.74, 6) is -4.76. The Morgan fingerprint density at radius 3 is 2.35 bits per heavy atom. The monoisotopic (exact) mass is 498 g/mol. The van der Waals surface area contributed by atoms with Gasteiger partial charge in [-0.15, -0.1) is 0 Å². The predicted molar refractivity (Wildman–Crippen MR) is 124 cm³/mol. The summed E-state index contributed by atoms with van der Waals surface area (Å²) in [4.78, 5) is 7.85. The number of rotatable bonds is 4. The number of ether oxygens (including phenoxy) is 1. The normalized spacial score (nSPS) is 22.7. The second kappa shape index (κ2) is 8.31. The summed E-state index contributed by atoms with van der Waals surface area (Å²) in [7, 11) is -3.91. The third-order valence-electron chi connectivity index (χ3n) is 5.60. The van der Waals surface area contributed by atoms with Crippen molar-refractivity contribution in [3.8, 4) is 11.1 Å². The highest BCUT2D eigenvalue weighted by Gasteiger charge is 2.63. The van der Waals surface area contributed by atoms with E-state index in [1.807, 2.05) is 0 Å².